The largest absolute Gasteiger partial charge is 0.465 e. The molecule has 0 spiro atoms. The molecule has 124 valence electrons. The molecule has 0 saturated carbocycles. The van der Waals surface area contributed by atoms with Crippen molar-refractivity contribution in [2.24, 2.45) is 0 Å². The van der Waals surface area contributed by atoms with E-state index in [1.165, 1.54) is 0 Å². The maximum atomic E-state index is 12.4. The normalized spacial score (nSPS) is 24.3. The van der Waals surface area contributed by atoms with Crippen LogP contribution < -0.4 is 5.32 Å². The first-order chi connectivity index (χ1) is 9.96. The second-order valence-corrected chi connectivity index (χ2v) is 6.23. The average Bonchev–Trinajstić information content (AvgIpc) is 2.61. The van der Waals surface area contributed by atoms with Crippen LogP contribution in [-0.2, 0) is 9.53 Å². The highest BCUT2D eigenvalue weighted by molar-refractivity contribution is 5.80. The van der Waals surface area contributed by atoms with Crippen LogP contribution in [0.4, 0.5) is 0 Å². The van der Waals surface area contributed by atoms with Gasteiger partial charge in [-0.25, -0.2) is 0 Å². The van der Waals surface area contributed by atoms with Crippen LogP contribution in [0.25, 0.3) is 0 Å². The van der Waals surface area contributed by atoms with Crippen molar-refractivity contribution in [3.63, 3.8) is 0 Å². The van der Waals surface area contributed by atoms with Crippen molar-refractivity contribution in [3.8, 4) is 0 Å². The first kappa shape index (κ1) is 18.4. The lowest BCUT2D eigenvalue weighted by atomic mass is 9.99. The molecule has 2 atom stereocenters. The van der Waals surface area contributed by atoms with Crippen LogP contribution in [-0.4, -0.2) is 73.7 Å². The molecule has 1 heterocycles. The van der Waals surface area contributed by atoms with Gasteiger partial charge < -0.3 is 15.0 Å². The Morgan fingerprint density at radius 2 is 2.05 bits per heavy atom. The molecule has 21 heavy (non-hydrogen) atoms. The van der Waals surface area contributed by atoms with Gasteiger partial charge in [-0.1, -0.05) is 13.8 Å². The van der Waals surface area contributed by atoms with Crippen molar-refractivity contribution in [3.05, 3.63) is 0 Å². The van der Waals surface area contributed by atoms with E-state index in [0.29, 0.717) is 19.2 Å². The number of hydrogen-bond donors (Lipinski definition) is 1. The monoisotopic (exact) mass is 299 g/mol. The average molecular weight is 299 g/mol. The van der Waals surface area contributed by atoms with Gasteiger partial charge in [0.25, 0.3) is 0 Å². The van der Waals surface area contributed by atoms with Crippen molar-refractivity contribution in [1.82, 2.24) is 15.1 Å². The Kier molecular flexibility index (Phi) is 7.63. The van der Waals surface area contributed by atoms with Crippen LogP contribution in [0.1, 0.15) is 40.5 Å². The maximum absolute atomic E-state index is 12.4. The van der Waals surface area contributed by atoms with Crippen LogP contribution >= 0.6 is 0 Å². The number of likely N-dealkylation sites (N-methyl/N-ethyl adjacent to an activating group) is 2. The third kappa shape index (κ3) is 5.24. The van der Waals surface area contributed by atoms with Crippen molar-refractivity contribution in [2.45, 2.75) is 52.1 Å². The van der Waals surface area contributed by atoms with E-state index in [2.05, 4.69) is 29.1 Å². The molecule has 1 aliphatic rings. The molecule has 0 aromatic carbocycles. The highest BCUT2D eigenvalue weighted by atomic mass is 16.5. The zero-order valence-electron chi connectivity index (χ0n) is 14.4. The third-order valence-electron chi connectivity index (χ3n) is 4.31. The SMILES string of the molecule is CCNC(C)(CN1CCCN(C)CC1CC)C(=O)OCC. The Morgan fingerprint density at radius 1 is 1.33 bits per heavy atom. The van der Waals surface area contributed by atoms with E-state index < -0.39 is 5.54 Å². The van der Waals surface area contributed by atoms with Crippen LogP contribution in [0.2, 0.25) is 0 Å². The van der Waals surface area contributed by atoms with E-state index in [4.69, 9.17) is 4.74 Å². The highest BCUT2D eigenvalue weighted by Gasteiger charge is 2.37. The van der Waals surface area contributed by atoms with Crippen LogP contribution in [0.5, 0.6) is 0 Å². The summed E-state index contributed by atoms with van der Waals surface area (Å²) in [5, 5.41) is 3.34. The van der Waals surface area contributed by atoms with E-state index in [9.17, 15) is 4.79 Å². The van der Waals surface area contributed by atoms with Gasteiger partial charge in [-0.05, 0) is 53.4 Å². The minimum Gasteiger partial charge on any atom is -0.465 e. The summed E-state index contributed by atoms with van der Waals surface area (Å²) in [5.74, 6) is -0.140. The quantitative estimate of drug-likeness (QED) is 0.719. The molecule has 2 unspecified atom stereocenters. The van der Waals surface area contributed by atoms with Crippen LogP contribution in [0, 0.1) is 0 Å². The summed E-state index contributed by atoms with van der Waals surface area (Å²) in [6.45, 7) is 13.2. The number of nitrogens with one attached hydrogen (secondary N) is 1. The van der Waals surface area contributed by atoms with Crippen molar-refractivity contribution < 1.29 is 9.53 Å². The number of carbonyl (C=O) groups excluding carboxylic acids is 1. The fraction of sp³-hybridized carbons (Fsp3) is 0.938. The zero-order chi connectivity index (χ0) is 15.9. The van der Waals surface area contributed by atoms with E-state index in [1.54, 1.807) is 0 Å². The molecule has 5 heteroatoms. The topological polar surface area (TPSA) is 44.8 Å². The van der Waals surface area contributed by atoms with Crippen LogP contribution in [0.15, 0.2) is 0 Å². The molecular weight excluding hydrogens is 266 g/mol. The second kappa shape index (κ2) is 8.71. The fourth-order valence-electron chi connectivity index (χ4n) is 3.17. The summed E-state index contributed by atoms with van der Waals surface area (Å²) in [4.78, 5) is 17.2. The molecule has 0 bridgehead atoms. The first-order valence-electron chi connectivity index (χ1n) is 8.31. The van der Waals surface area contributed by atoms with Crippen molar-refractivity contribution in [2.75, 3.05) is 46.4 Å². The Labute approximate surface area is 130 Å². The summed E-state index contributed by atoms with van der Waals surface area (Å²) in [6.07, 6.45) is 2.26. The molecular formula is C16H33N3O2. The number of hydrogen-bond acceptors (Lipinski definition) is 5. The number of esters is 1. The smallest absolute Gasteiger partial charge is 0.327 e. The molecule has 0 radical (unpaired) electrons. The lowest BCUT2D eigenvalue weighted by Crippen LogP contribution is -2.59. The summed E-state index contributed by atoms with van der Waals surface area (Å²) >= 11 is 0. The Morgan fingerprint density at radius 3 is 2.62 bits per heavy atom. The van der Waals surface area contributed by atoms with Gasteiger partial charge in [-0.3, -0.25) is 9.69 Å². The van der Waals surface area contributed by atoms with E-state index in [1.807, 2.05) is 20.8 Å². The molecule has 1 saturated heterocycles. The lowest BCUT2D eigenvalue weighted by molar-refractivity contribution is -0.151. The number of ether oxygens (including phenoxy) is 1. The van der Waals surface area contributed by atoms with Crippen molar-refractivity contribution >= 4 is 5.97 Å². The first-order valence-corrected chi connectivity index (χ1v) is 8.31. The standard InChI is InChI=1S/C16H33N3O2/c1-6-14-12-18(5)10-9-11-19(14)13-16(4,17-7-2)15(20)21-8-3/h14,17H,6-13H2,1-5H3. The van der Waals surface area contributed by atoms with Gasteiger partial charge in [0.1, 0.15) is 5.54 Å². The number of rotatable bonds is 7. The predicted octanol–water partition coefficient (Wildman–Crippen LogP) is 1.33. The maximum Gasteiger partial charge on any atom is 0.327 e. The van der Waals surface area contributed by atoms with E-state index in [0.717, 1.165) is 39.0 Å². The summed E-state index contributed by atoms with van der Waals surface area (Å²) in [5.41, 5.74) is -0.624. The number of nitrogens with zero attached hydrogens (tertiary/aromatic N) is 2. The van der Waals surface area contributed by atoms with E-state index in [-0.39, 0.29) is 5.97 Å². The molecule has 1 N–H and O–H groups in total. The Balaban J connectivity index is 2.82. The second-order valence-electron chi connectivity index (χ2n) is 6.23. The summed E-state index contributed by atoms with van der Waals surface area (Å²) in [7, 11) is 2.18. The summed E-state index contributed by atoms with van der Waals surface area (Å²) in [6, 6.07) is 0.505. The molecule has 1 rings (SSSR count). The minimum absolute atomic E-state index is 0.140. The van der Waals surface area contributed by atoms with Crippen LogP contribution in [0.3, 0.4) is 0 Å². The Bertz CT molecular complexity index is 325. The van der Waals surface area contributed by atoms with E-state index >= 15 is 0 Å². The Hall–Kier alpha value is -0.650. The molecule has 0 amide bonds. The predicted molar refractivity (Wildman–Crippen MR) is 86.5 cm³/mol. The highest BCUT2D eigenvalue weighted by Crippen LogP contribution is 2.17. The molecule has 0 aliphatic carbocycles. The molecule has 0 aromatic heterocycles. The minimum atomic E-state index is -0.624. The number of carbonyl (C=O) groups is 1. The van der Waals surface area contributed by atoms with Gasteiger partial charge in [-0.2, -0.15) is 0 Å². The molecule has 1 fully saturated rings. The summed E-state index contributed by atoms with van der Waals surface area (Å²) < 4.78 is 5.28. The van der Waals surface area contributed by atoms with Gasteiger partial charge in [0.05, 0.1) is 6.61 Å². The fourth-order valence-corrected chi connectivity index (χ4v) is 3.17. The van der Waals surface area contributed by atoms with Gasteiger partial charge in [0.2, 0.25) is 0 Å². The molecule has 1 aliphatic heterocycles. The van der Waals surface area contributed by atoms with Gasteiger partial charge in [-0.15, -0.1) is 0 Å². The third-order valence-corrected chi connectivity index (χ3v) is 4.31. The van der Waals surface area contributed by atoms with Gasteiger partial charge >= 0.3 is 5.97 Å². The molecule has 0 aromatic rings. The molecule has 5 nitrogen and oxygen atoms in total. The lowest BCUT2D eigenvalue weighted by Gasteiger charge is -2.37. The zero-order valence-corrected chi connectivity index (χ0v) is 14.4. The van der Waals surface area contributed by atoms with Gasteiger partial charge in [0, 0.05) is 19.1 Å². The van der Waals surface area contributed by atoms with Crippen molar-refractivity contribution in [1.29, 1.82) is 0 Å². The van der Waals surface area contributed by atoms with Gasteiger partial charge in [0.15, 0.2) is 0 Å².